The average molecular weight is 175 g/mol. The molecule has 0 aliphatic rings. The van der Waals surface area contributed by atoms with Gasteiger partial charge in [-0.2, -0.15) is 0 Å². The van der Waals surface area contributed by atoms with Gasteiger partial charge in [-0.15, -0.1) is 0 Å². The molecule has 0 aromatic rings. The Morgan fingerprint density at radius 1 is 1.58 bits per heavy atom. The van der Waals surface area contributed by atoms with Crippen molar-refractivity contribution < 1.29 is 14.3 Å². The lowest BCUT2D eigenvalue weighted by Crippen LogP contribution is -2.35. The molecule has 72 valence electrons. The molecule has 0 heterocycles. The highest BCUT2D eigenvalue weighted by Gasteiger charge is 2.15. The zero-order chi connectivity index (χ0) is 9.40. The van der Waals surface area contributed by atoms with Crippen LogP contribution in [0.15, 0.2) is 0 Å². The van der Waals surface area contributed by atoms with Crippen molar-refractivity contribution in [3.63, 3.8) is 0 Å². The molecule has 0 rings (SSSR count). The molecule has 0 amide bonds. The fourth-order valence-corrected chi connectivity index (χ4v) is 0.868. The van der Waals surface area contributed by atoms with E-state index in [9.17, 15) is 4.79 Å². The van der Waals surface area contributed by atoms with Crippen molar-refractivity contribution in [3.8, 4) is 0 Å². The second kappa shape index (κ2) is 7.06. The number of esters is 1. The number of nitrogens with one attached hydrogen (secondary N) is 1. The summed E-state index contributed by atoms with van der Waals surface area (Å²) in [6.07, 6.45) is 0.650. The quantitative estimate of drug-likeness (QED) is 0.462. The number of methoxy groups -OCH3 is 1. The zero-order valence-electron chi connectivity index (χ0n) is 7.92. The first-order valence-corrected chi connectivity index (χ1v) is 4.09. The minimum atomic E-state index is -0.249. The van der Waals surface area contributed by atoms with Crippen LogP contribution in [0, 0.1) is 0 Å². The van der Waals surface area contributed by atoms with E-state index in [0.29, 0.717) is 19.6 Å². The second-order valence-corrected chi connectivity index (χ2v) is 2.35. The first-order valence-electron chi connectivity index (χ1n) is 4.09. The molecule has 0 aromatic carbocycles. The molecule has 0 aromatic heterocycles. The van der Waals surface area contributed by atoms with Crippen molar-refractivity contribution in [1.82, 2.24) is 5.32 Å². The summed E-state index contributed by atoms with van der Waals surface area (Å²) in [4.78, 5) is 11.0. The van der Waals surface area contributed by atoms with Gasteiger partial charge in [-0.1, -0.05) is 0 Å². The van der Waals surface area contributed by atoms with Gasteiger partial charge in [0.15, 0.2) is 0 Å². The normalized spacial score (nSPS) is 12.6. The van der Waals surface area contributed by atoms with Gasteiger partial charge in [-0.3, -0.25) is 4.79 Å². The monoisotopic (exact) mass is 175 g/mol. The molecule has 1 unspecified atom stereocenters. The van der Waals surface area contributed by atoms with Crippen LogP contribution in [0.2, 0.25) is 0 Å². The summed E-state index contributed by atoms with van der Waals surface area (Å²) in [5, 5.41) is 2.86. The third-order valence-corrected chi connectivity index (χ3v) is 1.59. The summed E-state index contributed by atoms with van der Waals surface area (Å²) >= 11 is 0. The molecule has 0 fully saturated rings. The molecular formula is C8H17NO3. The Bertz CT molecular complexity index is 127. The van der Waals surface area contributed by atoms with Gasteiger partial charge in [0.1, 0.15) is 6.04 Å². The van der Waals surface area contributed by atoms with Crippen LogP contribution in [-0.4, -0.2) is 39.4 Å². The van der Waals surface area contributed by atoms with Gasteiger partial charge < -0.3 is 14.8 Å². The van der Waals surface area contributed by atoms with Gasteiger partial charge in [-0.25, -0.2) is 0 Å². The molecule has 0 aliphatic carbocycles. The van der Waals surface area contributed by atoms with Gasteiger partial charge >= 0.3 is 5.97 Å². The maximum Gasteiger partial charge on any atom is 0.322 e. The standard InChI is InChI=1S/C8H17NO3/c1-4-12-6-5-7(9-2)8(10)11-3/h7,9H,4-6H2,1-3H3. The van der Waals surface area contributed by atoms with E-state index in [2.05, 4.69) is 10.1 Å². The van der Waals surface area contributed by atoms with Crippen molar-refractivity contribution in [2.24, 2.45) is 0 Å². The van der Waals surface area contributed by atoms with E-state index in [1.54, 1.807) is 7.05 Å². The maximum atomic E-state index is 11.0. The highest BCUT2D eigenvalue weighted by molar-refractivity contribution is 5.75. The molecule has 1 atom stereocenters. The Kier molecular flexibility index (Phi) is 6.70. The van der Waals surface area contributed by atoms with Crippen LogP contribution in [0.5, 0.6) is 0 Å². The number of hydrogen-bond acceptors (Lipinski definition) is 4. The molecule has 4 nitrogen and oxygen atoms in total. The summed E-state index contributed by atoms with van der Waals surface area (Å²) in [7, 11) is 3.11. The van der Waals surface area contributed by atoms with Gasteiger partial charge in [0.05, 0.1) is 7.11 Å². The number of carbonyl (C=O) groups excluding carboxylic acids is 1. The van der Waals surface area contributed by atoms with Gasteiger partial charge in [0.25, 0.3) is 0 Å². The van der Waals surface area contributed by atoms with Gasteiger partial charge in [0, 0.05) is 13.2 Å². The summed E-state index contributed by atoms with van der Waals surface area (Å²) < 4.78 is 9.69. The van der Waals surface area contributed by atoms with Crippen molar-refractivity contribution in [2.75, 3.05) is 27.4 Å². The first-order chi connectivity index (χ1) is 5.76. The van der Waals surface area contributed by atoms with E-state index in [1.807, 2.05) is 6.92 Å². The third kappa shape index (κ3) is 4.31. The van der Waals surface area contributed by atoms with Gasteiger partial charge in [0.2, 0.25) is 0 Å². The van der Waals surface area contributed by atoms with E-state index in [-0.39, 0.29) is 12.0 Å². The van der Waals surface area contributed by atoms with Crippen molar-refractivity contribution in [2.45, 2.75) is 19.4 Å². The molecular weight excluding hydrogens is 158 g/mol. The number of rotatable bonds is 6. The predicted octanol–water partition coefficient (Wildman–Crippen LogP) is 0.174. The van der Waals surface area contributed by atoms with Crippen LogP contribution >= 0.6 is 0 Å². The minimum absolute atomic E-state index is 0.239. The zero-order valence-corrected chi connectivity index (χ0v) is 7.92. The lowest BCUT2D eigenvalue weighted by atomic mass is 10.2. The van der Waals surface area contributed by atoms with E-state index in [1.165, 1.54) is 7.11 Å². The molecule has 0 spiro atoms. The maximum absolute atomic E-state index is 11.0. The number of hydrogen-bond donors (Lipinski definition) is 1. The third-order valence-electron chi connectivity index (χ3n) is 1.59. The molecule has 1 N–H and O–H groups in total. The van der Waals surface area contributed by atoms with E-state index >= 15 is 0 Å². The van der Waals surface area contributed by atoms with Gasteiger partial charge in [-0.05, 0) is 20.4 Å². The van der Waals surface area contributed by atoms with Crippen LogP contribution in [0.1, 0.15) is 13.3 Å². The SMILES string of the molecule is CCOCCC(NC)C(=O)OC. The second-order valence-electron chi connectivity index (χ2n) is 2.35. The Hall–Kier alpha value is -0.610. The minimum Gasteiger partial charge on any atom is -0.468 e. The molecule has 0 saturated carbocycles. The summed E-state index contributed by atoms with van der Waals surface area (Å²) in [6, 6.07) is -0.249. The van der Waals surface area contributed by atoms with Crippen LogP contribution in [0.3, 0.4) is 0 Å². The average Bonchev–Trinajstić information content (AvgIpc) is 2.11. The van der Waals surface area contributed by atoms with E-state index in [4.69, 9.17) is 4.74 Å². The molecule has 0 aliphatic heterocycles. The number of likely N-dealkylation sites (N-methyl/N-ethyl adjacent to an activating group) is 1. The molecule has 0 saturated heterocycles. The van der Waals surface area contributed by atoms with Crippen molar-refractivity contribution in [3.05, 3.63) is 0 Å². The smallest absolute Gasteiger partial charge is 0.322 e. The molecule has 0 bridgehead atoms. The van der Waals surface area contributed by atoms with Crippen LogP contribution in [0.25, 0.3) is 0 Å². The van der Waals surface area contributed by atoms with Crippen LogP contribution in [0.4, 0.5) is 0 Å². The predicted molar refractivity (Wildman–Crippen MR) is 46.0 cm³/mol. The fourth-order valence-electron chi connectivity index (χ4n) is 0.868. The summed E-state index contributed by atoms with van der Waals surface area (Å²) in [6.45, 7) is 3.18. The van der Waals surface area contributed by atoms with Crippen LogP contribution in [-0.2, 0) is 14.3 Å². The van der Waals surface area contributed by atoms with E-state index < -0.39 is 0 Å². The first kappa shape index (κ1) is 11.4. The Morgan fingerprint density at radius 3 is 2.67 bits per heavy atom. The topological polar surface area (TPSA) is 47.6 Å². The number of carbonyl (C=O) groups is 1. The molecule has 0 radical (unpaired) electrons. The Morgan fingerprint density at radius 2 is 2.25 bits per heavy atom. The largest absolute Gasteiger partial charge is 0.468 e. The highest BCUT2D eigenvalue weighted by atomic mass is 16.5. The Labute approximate surface area is 73.2 Å². The Balaban J connectivity index is 3.60. The summed E-state index contributed by atoms with van der Waals surface area (Å²) in [5.74, 6) is -0.239. The van der Waals surface area contributed by atoms with Crippen molar-refractivity contribution in [1.29, 1.82) is 0 Å². The lowest BCUT2D eigenvalue weighted by Gasteiger charge is -2.12. The van der Waals surface area contributed by atoms with Crippen molar-refractivity contribution >= 4 is 5.97 Å². The van der Waals surface area contributed by atoms with E-state index in [0.717, 1.165) is 0 Å². The fraction of sp³-hybridized carbons (Fsp3) is 0.875. The summed E-state index contributed by atoms with van der Waals surface area (Å²) in [5.41, 5.74) is 0. The lowest BCUT2D eigenvalue weighted by molar-refractivity contribution is -0.143. The highest BCUT2D eigenvalue weighted by Crippen LogP contribution is 1.94. The molecule has 12 heavy (non-hydrogen) atoms. The number of ether oxygens (including phenoxy) is 2. The molecule has 4 heteroatoms. The van der Waals surface area contributed by atoms with Crippen LogP contribution < -0.4 is 5.32 Å².